The Morgan fingerprint density at radius 3 is 1.97 bits per heavy atom. The van der Waals surface area contributed by atoms with Crippen molar-refractivity contribution >= 4 is 56.4 Å². The number of phenols is 3. The third-order valence-corrected chi connectivity index (χ3v) is 12.8. The van der Waals surface area contributed by atoms with Crippen LogP contribution in [-0.2, 0) is 6.42 Å². The van der Waals surface area contributed by atoms with Crippen LogP contribution in [0.4, 0.5) is 22.7 Å². The van der Waals surface area contributed by atoms with Gasteiger partial charge in [0.2, 0.25) is 5.75 Å². The number of benzene rings is 6. The van der Waals surface area contributed by atoms with Crippen molar-refractivity contribution in [2.24, 2.45) is 0 Å². The average molecular weight is 824 g/mol. The standard InChI is InChI=1S/C57H49N3O3/c1-37-34-43(40-24-28-47(29-25-40)59(45-18-10-6-11-19-45)46-20-12-7-13-21-46)32-33-58(44-16-8-4-5-9-17-44)51-30-26-41(35-49(37)51)42-27-31-53-50(36-42)48-22-14-15-23-52(48)60(53)54-38(2)55(61)57(63)56(62)39(54)3/h4,6-26,28-30,34-36,61-63H,1,5,27,31-33H2,2-3H3/b43-34+. The Hall–Kier alpha value is -7.70. The second-order valence-corrected chi connectivity index (χ2v) is 16.6. The summed E-state index contributed by atoms with van der Waals surface area (Å²) >= 11 is 0. The molecule has 6 aromatic carbocycles. The van der Waals surface area contributed by atoms with E-state index in [2.05, 4.69) is 178 Å². The summed E-state index contributed by atoms with van der Waals surface area (Å²) in [5, 5.41) is 33.3. The third kappa shape index (κ3) is 7.04. The van der Waals surface area contributed by atoms with E-state index in [1.807, 2.05) is 6.07 Å². The van der Waals surface area contributed by atoms with E-state index in [-0.39, 0.29) is 11.5 Å². The molecular formula is C57H49N3O3. The highest BCUT2D eigenvalue weighted by molar-refractivity contribution is 6.00. The molecule has 0 bridgehead atoms. The molecule has 0 unspecified atom stereocenters. The van der Waals surface area contributed by atoms with Gasteiger partial charge in [0, 0.05) is 68.3 Å². The van der Waals surface area contributed by atoms with Crippen molar-refractivity contribution < 1.29 is 15.3 Å². The summed E-state index contributed by atoms with van der Waals surface area (Å²) < 4.78 is 2.16. The number of hydrogen-bond donors (Lipinski definition) is 3. The van der Waals surface area contributed by atoms with Crippen LogP contribution in [-0.4, -0.2) is 26.4 Å². The van der Waals surface area contributed by atoms with Gasteiger partial charge in [-0.15, -0.1) is 0 Å². The summed E-state index contributed by atoms with van der Waals surface area (Å²) in [7, 11) is 0. The summed E-state index contributed by atoms with van der Waals surface area (Å²) in [4.78, 5) is 4.73. The van der Waals surface area contributed by atoms with E-state index in [0.717, 1.165) is 99.5 Å². The van der Waals surface area contributed by atoms with Crippen molar-refractivity contribution in [1.82, 2.24) is 4.57 Å². The molecular weight excluding hydrogens is 775 g/mol. The van der Waals surface area contributed by atoms with Gasteiger partial charge in [0.15, 0.2) is 11.5 Å². The van der Waals surface area contributed by atoms with Gasteiger partial charge in [-0.25, -0.2) is 0 Å². The van der Waals surface area contributed by atoms with Gasteiger partial charge in [-0.05, 0) is 140 Å². The topological polar surface area (TPSA) is 72.1 Å². The molecule has 0 amide bonds. The predicted octanol–water partition coefficient (Wildman–Crippen LogP) is 14.0. The van der Waals surface area contributed by atoms with Gasteiger partial charge < -0.3 is 29.7 Å². The molecule has 0 saturated heterocycles. The molecule has 7 aromatic rings. The van der Waals surface area contributed by atoms with Crippen LogP contribution in [0.2, 0.25) is 0 Å². The van der Waals surface area contributed by atoms with Crippen LogP contribution in [0.3, 0.4) is 0 Å². The first-order chi connectivity index (χ1) is 30.8. The van der Waals surface area contributed by atoms with Crippen molar-refractivity contribution in [3.63, 3.8) is 0 Å². The molecule has 10 rings (SSSR count). The highest BCUT2D eigenvalue weighted by Gasteiger charge is 2.28. The molecule has 1 aliphatic heterocycles. The zero-order valence-corrected chi connectivity index (χ0v) is 35.6. The average Bonchev–Trinajstić information content (AvgIpc) is 3.42. The number of rotatable bonds is 7. The second kappa shape index (κ2) is 16.3. The monoisotopic (exact) mass is 823 g/mol. The minimum Gasteiger partial charge on any atom is -0.504 e. The highest BCUT2D eigenvalue weighted by atomic mass is 16.3. The number of phenolic OH excluding ortho intramolecular Hbond substituents is 3. The number of fused-ring (bicyclic) bond motifs is 4. The highest BCUT2D eigenvalue weighted by Crippen LogP contribution is 2.48. The zero-order chi connectivity index (χ0) is 43.2. The lowest BCUT2D eigenvalue weighted by Crippen LogP contribution is -2.25. The normalized spacial score (nSPS) is 15.7. The van der Waals surface area contributed by atoms with Gasteiger partial charge in [-0.1, -0.05) is 104 Å². The summed E-state index contributed by atoms with van der Waals surface area (Å²) in [6.45, 7) is 9.12. The van der Waals surface area contributed by atoms with Crippen LogP contribution in [0.25, 0.3) is 39.4 Å². The van der Waals surface area contributed by atoms with Gasteiger partial charge >= 0.3 is 0 Å². The second-order valence-electron chi connectivity index (χ2n) is 16.6. The van der Waals surface area contributed by atoms with Crippen molar-refractivity contribution in [3.05, 3.63) is 215 Å². The molecule has 3 aliphatic rings. The van der Waals surface area contributed by atoms with Crippen LogP contribution in [0.1, 0.15) is 58.3 Å². The van der Waals surface area contributed by atoms with Crippen molar-refractivity contribution in [3.8, 4) is 22.9 Å². The molecule has 3 N–H and O–H groups in total. The predicted molar refractivity (Wildman–Crippen MR) is 261 cm³/mol. The lowest BCUT2D eigenvalue weighted by Gasteiger charge is -2.31. The largest absolute Gasteiger partial charge is 0.504 e. The van der Waals surface area contributed by atoms with Crippen molar-refractivity contribution in [2.75, 3.05) is 16.3 Å². The fraction of sp³-hybridized carbons (Fsp3) is 0.123. The molecule has 6 nitrogen and oxygen atoms in total. The Morgan fingerprint density at radius 1 is 0.619 bits per heavy atom. The molecule has 63 heavy (non-hydrogen) atoms. The minimum absolute atomic E-state index is 0.306. The molecule has 1 aromatic heterocycles. The number of nitrogens with zero attached hydrogens (tertiary/aromatic N) is 3. The summed E-state index contributed by atoms with van der Waals surface area (Å²) in [5.41, 5.74) is 17.4. The van der Waals surface area contributed by atoms with Crippen LogP contribution in [0, 0.1) is 13.8 Å². The zero-order valence-electron chi connectivity index (χ0n) is 35.6. The molecule has 0 atom stereocenters. The van der Waals surface area contributed by atoms with E-state index in [9.17, 15) is 15.3 Å². The molecule has 0 radical (unpaired) electrons. The molecule has 0 saturated carbocycles. The Labute approximate surface area is 368 Å². The van der Waals surface area contributed by atoms with Crippen LogP contribution in [0.5, 0.6) is 17.2 Å². The Morgan fingerprint density at radius 2 is 1.25 bits per heavy atom. The van der Waals surface area contributed by atoms with Crippen molar-refractivity contribution in [1.29, 1.82) is 0 Å². The van der Waals surface area contributed by atoms with E-state index in [1.165, 1.54) is 16.7 Å². The Bertz CT molecular complexity index is 3020. The number of para-hydroxylation sites is 3. The summed E-state index contributed by atoms with van der Waals surface area (Å²) in [6.07, 6.45) is 18.9. The van der Waals surface area contributed by atoms with Gasteiger partial charge in [0.25, 0.3) is 0 Å². The van der Waals surface area contributed by atoms with Gasteiger partial charge in [-0.2, -0.15) is 0 Å². The number of allylic oxidation sites excluding steroid dienone is 8. The fourth-order valence-corrected chi connectivity index (χ4v) is 9.63. The maximum Gasteiger partial charge on any atom is 0.200 e. The maximum absolute atomic E-state index is 10.9. The van der Waals surface area contributed by atoms with Crippen molar-refractivity contribution in [2.45, 2.75) is 39.5 Å². The minimum atomic E-state index is -0.489. The first-order valence-corrected chi connectivity index (χ1v) is 21.7. The van der Waals surface area contributed by atoms with E-state index in [0.29, 0.717) is 16.8 Å². The number of aromatic nitrogens is 1. The van der Waals surface area contributed by atoms with Gasteiger partial charge in [0.05, 0.1) is 11.2 Å². The maximum atomic E-state index is 10.9. The molecule has 6 heteroatoms. The van der Waals surface area contributed by atoms with Crippen LogP contribution < -0.4 is 9.80 Å². The lowest BCUT2D eigenvalue weighted by atomic mass is 9.88. The molecule has 2 heterocycles. The van der Waals surface area contributed by atoms with Crippen LogP contribution >= 0.6 is 0 Å². The molecule has 2 aliphatic carbocycles. The Balaban J connectivity index is 1.05. The van der Waals surface area contributed by atoms with Gasteiger partial charge in [0.1, 0.15) is 0 Å². The fourth-order valence-electron chi connectivity index (χ4n) is 9.63. The number of anilines is 4. The van der Waals surface area contributed by atoms with Crippen LogP contribution in [0.15, 0.2) is 176 Å². The molecule has 0 spiro atoms. The summed E-state index contributed by atoms with van der Waals surface area (Å²) in [5.74, 6) is -1.10. The molecule has 310 valence electrons. The summed E-state index contributed by atoms with van der Waals surface area (Å²) in [6, 6.07) is 45.1. The van der Waals surface area contributed by atoms with E-state index in [4.69, 9.17) is 6.58 Å². The molecule has 0 fully saturated rings. The number of aromatic hydroxyl groups is 3. The van der Waals surface area contributed by atoms with E-state index in [1.54, 1.807) is 13.8 Å². The quantitative estimate of drug-likeness (QED) is 0.140. The van der Waals surface area contributed by atoms with E-state index < -0.39 is 5.75 Å². The first kappa shape index (κ1) is 39.4. The van der Waals surface area contributed by atoms with E-state index >= 15 is 0 Å². The first-order valence-electron chi connectivity index (χ1n) is 21.7. The SMILES string of the molecule is C=C1/C=C(/c2ccc(N(c3ccccc3)c3ccccc3)cc2)CCN(C2=CC=CCC=C2)c2ccc(C3=Cc4c(n(-c5c(C)c(O)c(O)c(O)c5C)c5ccccc45)CC3)cc21. The Kier molecular flexibility index (Phi) is 10.2. The smallest absolute Gasteiger partial charge is 0.200 e. The lowest BCUT2D eigenvalue weighted by molar-refractivity contribution is 0.364. The third-order valence-electron chi connectivity index (χ3n) is 12.8. The van der Waals surface area contributed by atoms with Gasteiger partial charge in [-0.3, -0.25) is 0 Å². The number of hydrogen-bond acceptors (Lipinski definition) is 5.